The van der Waals surface area contributed by atoms with Crippen LogP contribution in [-0.4, -0.2) is 38.1 Å². The summed E-state index contributed by atoms with van der Waals surface area (Å²) in [5.74, 6) is 0. The van der Waals surface area contributed by atoms with Crippen LogP contribution in [0.3, 0.4) is 0 Å². The fourth-order valence-electron chi connectivity index (χ4n) is 3.73. The first-order valence-corrected chi connectivity index (χ1v) is 13.9. The van der Waals surface area contributed by atoms with Crippen molar-refractivity contribution in [1.29, 1.82) is 5.41 Å². The van der Waals surface area contributed by atoms with Crippen molar-refractivity contribution in [2.75, 3.05) is 0 Å². The van der Waals surface area contributed by atoms with Crippen molar-refractivity contribution in [3.05, 3.63) is 75.6 Å². The molecule has 0 atom stereocenters. The van der Waals surface area contributed by atoms with Crippen LogP contribution in [-0.2, 0) is 33.3 Å². The SMILES string of the molecule is CCCCn1cc[n+](C)c1.N=C1C2=Cc3ccccc3C2=CC(S(=O)(=O)C(F)(F)F)=C1S(=O)(=O)C(F)(F)F. The number of unbranched alkanes of at least 4 members (excludes halogenated alkanes) is 1. The third-order valence-electron chi connectivity index (χ3n) is 5.60. The van der Waals surface area contributed by atoms with Gasteiger partial charge in [-0.3, -0.25) is 5.41 Å². The first-order valence-electron chi connectivity index (χ1n) is 10.9. The van der Waals surface area contributed by atoms with Gasteiger partial charge in [-0.25, -0.2) is 26.0 Å². The Balaban J connectivity index is 0.000000336. The Bertz CT molecular complexity index is 1580. The number of alkyl halides is 6. The molecule has 1 aromatic carbocycles. The van der Waals surface area contributed by atoms with Crippen molar-refractivity contribution in [2.45, 2.75) is 37.3 Å². The molecule has 2 aliphatic rings. The number of imidazole rings is 1. The Hall–Kier alpha value is -3.20. The molecular weight excluding hydrogens is 560 g/mol. The number of hydrogen-bond acceptors (Lipinski definition) is 5. The van der Waals surface area contributed by atoms with Crippen molar-refractivity contribution in [2.24, 2.45) is 7.05 Å². The number of rotatable bonds is 5. The number of allylic oxidation sites excluding steroid dienone is 4. The molecule has 1 N–H and O–H groups in total. The third-order valence-corrected chi connectivity index (χ3v) is 8.81. The van der Waals surface area contributed by atoms with Crippen molar-refractivity contribution >= 4 is 37.0 Å². The predicted molar refractivity (Wildman–Crippen MR) is 128 cm³/mol. The summed E-state index contributed by atoms with van der Waals surface area (Å²) >= 11 is 0. The van der Waals surface area contributed by atoms with Crippen molar-refractivity contribution < 1.29 is 47.7 Å². The molecule has 0 spiro atoms. The normalized spacial score (nSPS) is 15.8. The molecule has 0 bridgehead atoms. The Morgan fingerprint density at radius 1 is 0.921 bits per heavy atom. The number of nitrogens with one attached hydrogen (secondary N) is 1. The zero-order valence-corrected chi connectivity index (χ0v) is 21.6. The van der Waals surface area contributed by atoms with Crippen molar-refractivity contribution in [3.8, 4) is 0 Å². The Labute approximate surface area is 214 Å². The minimum absolute atomic E-state index is 0.153. The van der Waals surface area contributed by atoms with E-state index in [9.17, 15) is 43.2 Å². The average molecular weight is 583 g/mol. The van der Waals surface area contributed by atoms with Gasteiger partial charge in [0.2, 0.25) is 6.33 Å². The van der Waals surface area contributed by atoms with Crippen LogP contribution in [0.5, 0.6) is 0 Å². The maximum Gasteiger partial charge on any atom is 0.502 e. The number of sulfone groups is 2. The summed E-state index contributed by atoms with van der Waals surface area (Å²) in [5.41, 5.74) is -13.9. The number of aryl methyl sites for hydroxylation is 2. The van der Waals surface area contributed by atoms with Crippen LogP contribution >= 0.6 is 0 Å². The zero-order valence-electron chi connectivity index (χ0n) is 19.9. The molecule has 0 unspecified atom stereocenters. The Morgan fingerprint density at radius 2 is 1.53 bits per heavy atom. The third kappa shape index (κ3) is 5.34. The maximum absolute atomic E-state index is 13.0. The van der Waals surface area contributed by atoms with E-state index in [2.05, 4.69) is 34.8 Å². The van der Waals surface area contributed by atoms with E-state index in [1.54, 1.807) is 0 Å². The molecule has 1 heterocycles. The van der Waals surface area contributed by atoms with Crippen molar-refractivity contribution in [3.63, 3.8) is 0 Å². The molecule has 0 radical (unpaired) electrons. The van der Waals surface area contributed by atoms with Gasteiger partial charge < -0.3 is 0 Å². The van der Waals surface area contributed by atoms with Crippen LogP contribution in [0.2, 0.25) is 0 Å². The van der Waals surface area contributed by atoms with Gasteiger partial charge in [-0.2, -0.15) is 26.3 Å². The molecule has 1 aromatic heterocycles. The maximum atomic E-state index is 13.0. The first kappa shape index (κ1) is 29.4. The Morgan fingerprint density at radius 3 is 2.05 bits per heavy atom. The zero-order chi connectivity index (χ0) is 28.7. The molecule has 7 nitrogen and oxygen atoms in total. The largest absolute Gasteiger partial charge is 0.502 e. The van der Waals surface area contributed by atoms with Crippen LogP contribution in [0.1, 0.15) is 30.9 Å². The van der Waals surface area contributed by atoms with E-state index in [0.29, 0.717) is 0 Å². The van der Waals surface area contributed by atoms with E-state index >= 15 is 0 Å². The highest BCUT2D eigenvalue weighted by molar-refractivity contribution is 8.00. The van der Waals surface area contributed by atoms with Gasteiger partial charge in [0.15, 0.2) is 0 Å². The summed E-state index contributed by atoms with van der Waals surface area (Å²) in [6.45, 7) is 3.36. The molecule has 15 heteroatoms. The van der Waals surface area contributed by atoms with Crippen LogP contribution in [0.4, 0.5) is 26.3 Å². The lowest BCUT2D eigenvalue weighted by Gasteiger charge is -2.23. The van der Waals surface area contributed by atoms with E-state index < -0.39 is 51.8 Å². The fourth-order valence-corrected chi connectivity index (χ4v) is 6.19. The topological polar surface area (TPSA) is 101 Å². The molecule has 0 saturated carbocycles. The summed E-state index contributed by atoms with van der Waals surface area (Å²) in [5, 5.41) is 7.82. The van der Waals surface area contributed by atoms with Gasteiger partial charge in [-0.05, 0) is 35.3 Å². The minimum atomic E-state index is -6.58. The summed E-state index contributed by atoms with van der Waals surface area (Å²) in [6.07, 6.45) is 10.1. The highest BCUT2D eigenvalue weighted by Crippen LogP contribution is 2.47. The number of nitrogens with zero attached hydrogens (tertiary/aromatic N) is 2. The van der Waals surface area contributed by atoms with Gasteiger partial charge in [-0.1, -0.05) is 37.6 Å². The number of benzene rings is 1. The second-order valence-corrected chi connectivity index (χ2v) is 12.1. The van der Waals surface area contributed by atoms with Gasteiger partial charge in [0.1, 0.15) is 17.3 Å². The van der Waals surface area contributed by atoms with E-state index in [4.69, 9.17) is 5.41 Å². The predicted octanol–water partition coefficient (Wildman–Crippen LogP) is 4.69. The fraction of sp³-hybridized carbons (Fsp3) is 0.304. The highest BCUT2D eigenvalue weighted by atomic mass is 32.2. The van der Waals surface area contributed by atoms with E-state index in [0.717, 1.165) is 12.6 Å². The molecular formula is C23H22F6N3O4S2+. The lowest BCUT2D eigenvalue weighted by atomic mass is 9.95. The summed E-state index contributed by atoms with van der Waals surface area (Å²) in [4.78, 5) is -4.38. The van der Waals surface area contributed by atoms with Crippen LogP contribution in [0.15, 0.2) is 64.4 Å². The number of fused-ring (bicyclic) bond motifs is 3. The number of aromatic nitrogens is 2. The van der Waals surface area contributed by atoms with Crippen LogP contribution < -0.4 is 4.57 Å². The van der Waals surface area contributed by atoms with Gasteiger partial charge in [0.05, 0.1) is 24.2 Å². The molecule has 0 saturated heterocycles. The minimum Gasteiger partial charge on any atom is -0.299 e. The van der Waals surface area contributed by atoms with Gasteiger partial charge in [-0.15, -0.1) is 0 Å². The molecule has 4 rings (SSSR count). The van der Waals surface area contributed by atoms with Crippen molar-refractivity contribution in [1.82, 2.24) is 4.57 Å². The number of hydrogen-bond donors (Lipinski definition) is 1. The van der Waals surface area contributed by atoms with Crippen LogP contribution in [0.25, 0.3) is 11.6 Å². The molecule has 0 fully saturated rings. The second-order valence-electron chi connectivity index (χ2n) is 8.34. The van der Waals surface area contributed by atoms with E-state index in [1.807, 2.05) is 7.05 Å². The quantitative estimate of drug-likeness (QED) is 0.408. The highest BCUT2D eigenvalue weighted by Gasteiger charge is 2.57. The van der Waals surface area contributed by atoms with E-state index in [1.165, 1.54) is 37.1 Å². The molecule has 0 aliphatic heterocycles. The van der Waals surface area contributed by atoms with E-state index in [-0.39, 0.29) is 22.8 Å². The average Bonchev–Trinajstić information content (AvgIpc) is 3.39. The first-order chi connectivity index (χ1) is 17.4. The van der Waals surface area contributed by atoms with Crippen LogP contribution in [0, 0.1) is 5.41 Å². The molecule has 38 heavy (non-hydrogen) atoms. The summed E-state index contributed by atoms with van der Waals surface area (Å²) < 4.78 is 130. The monoisotopic (exact) mass is 582 g/mol. The second kappa shape index (κ2) is 10.2. The lowest BCUT2D eigenvalue weighted by molar-refractivity contribution is -0.671. The summed E-state index contributed by atoms with van der Waals surface area (Å²) in [7, 11) is -11.0. The Kier molecular flexibility index (Phi) is 7.86. The van der Waals surface area contributed by atoms with Gasteiger partial charge in [0, 0.05) is 5.57 Å². The smallest absolute Gasteiger partial charge is 0.299 e. The van der Waals surface area contributed by atoms with Gasteiger partial charge in [0.25, 0.3) is 19.7 Å². The number of halogens is 6. The molecule has 0 amide bonds. The molecule has 2 aromatic rings. The molecule has 206 valence electrons. The van der Waals surface area contributed by atoms with Gasteiger partial charge >= 0.3 is 11.0 Å². The summed E-state index contributed by atoms with van der Waals surface area (Å²) in [6, 6.07) is 5.69. The molecule has 2 aliphatic carbocycles. The lowest BCUT2D eigenvalue weighted by Crippen LogP contribution is -2.35. The standard InChI is InChI=1S/C15H7F6NO4S2.C8H15N2/c16-14(17,18)27(23,24)11-6-9-8-4-2-1-3-7(8)5-10(9)12(22)13(11)28(25,26)15(19,20)21;1-3-4-5-10-7-6-9(2)8-10/h1-6,22H;6-8H,3-5H2,1-2H3/q;+1.